The van der Waals surface area contributed by atoms with Gasteiger partial charge in [-0.3, -0.25) is 9.36 Å². The van der Waals surface area contributed by atoms with Crippen molar-refractivity contribution in [2.75, 3.05) is 0 Å². The molecule has 0 aliphatic heterocycles. The molecule has 0 spiro atoms. The standard InChI is InChI=1S/C7H6ClF3N2O/c8-5-3-6(14)13(4-12-5)2-1-7(9,10)11/h3-4H,1-2H2. The molecular formula is C7H6ClF3N2O. The van der Waals surface area contributed by atoms with Gasteiger partial charge in [-0.05, 0) is 0 Å². The Morgan fingerprint density at radius 2 is 2.14 bits per heavy atom. The van der Waals surface area contributed by atoms with Crippen molar-refractivity contribution in [3.8, 4) is 0 Å². The minimum Gasteiger partial charge on any atom is -0.299 e. The number of aromatic nitrogens is 2. The molecule has 1 aromatic rings. The second-order valence-corrected chi connectivity index (χ2v) is 3.00. The van der Waals surface area contributed by atoms with Gasteiger partial charge in [0.25, 0.3) is 5.56 Å². The van der Waals surface area contributed by atoms with Gasteiger partial charge in [-0.25, -0.2) is 4.98 Å². The van der Waals surface area contributed by atoms with Crippen molar-refractivity contribution in [1.82, 2.24) is 9.55 Å². The Kier molecular flexibility index (Phi) is 3.15. The largest absolute Gasteiger partial charge is 0.390 e. The van der Waals surface area contributed by atoms with E-state index in [9.17, 15) is 18.0 Å². The number of rotatable bonds is 2. The molecule has 0 N–H and O–H groups in total. The highest BCUT2D eigenvalue weighted by molar-refractivity contribution is 6.29. The minimum absolute atomic E-state index is 0.0294. The van der Waals surface area contributed by atoms with Gasteiger partial charge in [-0.1, -0.05) is 11.6 Å². The molecule has 0 aromatic carbocycles. The maximum absolute atomic E-state index is 11.8. The lowest BCUT2D eigenvalue weighted by molar-refractivity contribution is -0.136. The van der Waals surface area contributed by atoms with Crippen molar-refractivity contribution >= 4 is 11.6 Å². The summed E-state index contributed by atoms with van der Waals surface area (Å²) in [5.74, 6) is 0. The average molecular weight is 227 g/mol. The van der Waals surface area contributed by atoms with E-state index >= 15 is 0 Å². The van der Waals surface area contributed by atoms with E-state index in [2.05, 4.69) is 4.98 Å². The molecule has 3 nitrogen and oxygen atoms in total. The molecule has 0 aliphatic carbocycles. The maximum atomic E-state index is 11.8. The average Bonchev–Trinajstić information content (AvgIpc) is 2.00. The summed E-state index contributed by atoms with van der Waals surface area (Å²) in [5.41, 5.74) is -0.589. The fourth-order valence-electron chi connectivity index (χ4n) is 0.819. The van der Waals surface area contributed by atoms with Crippen LogP contribution in [0.3, 0.4) is 0 Å². The minimum atomic E-state index is -4.28. The fourth-order valence-corrected chi connectivity index (χ4v) is 0.956. The first kappa shape index (κ1) is 11.0. The van der Waals surface area contributed by atoms with E-state index < -0.39 is 24.7 Å². The van der Waals surface area contributed by atoms with Crippen LogP contribution in [-0.2, 0) is 6.54 Å². The van der Waals surface area contributed by atoms with Crippen molar-refractivity contribution in [3.63, 3.8) is 0 Å². The monoisotopic (exact) mass is 226 g/mol. The molecule has 0 fully saturated rings. The van der Waals surface area contributed by atoms with Crippen molar-refractivity contribution in [2.45, 2.75) is 19.1 Å². The van der Waals surface area contributed by atoms with Crippen LogP contribution in [0.5, 0.6) is 0 Å². The fraction of sp³-hybridized carbons (Fsp3) is 0.429. The van der Waals surface area contributed by atoms with Crippen LogP contribution in [0.1, 0.15) is 6.42 Å². The highest BCUT2D eigenvalue weighted by atomic mass is 35.5. The number of hydrogen-bond donors (Lipinski definition) is 0. The SMILES string of the molecule is O=c1cc(Cl)ncn1CCC(F)(F)F. The van der Waals surface area contributed by atoms with Gasteiger partial charge in [0.15, 0.2) is 0 Å². The first-order valence-corrected chi connectivity index (χ1v) is 4.05. The lowest BCUT2D eigenvalue weighted by atomic mass is 10.4. The summed E-state index contributed by atoms with van der Waals surface area (Å²) in [6.07, 6.45) is -4.34. The van der Waals surface area contributed by atoms with Crippen molar-refractivity contribution in [2.24, 2.45) is 0 Å². The topological polar surface area (TPSA) is 34.9 Å². The Bertz CT molecular complexity index is 374. The van der Waals surface area contributed by atoms with E-state index in [4.69, 9.17) is 11.6 Å². The summed E-state index contributed by atoms with van der Waals surface area (Å²) in [5, 5.41) is -0.0294. The van der Waals surface area contributed by atoms with Gasteiger partial charge in [0.2, 0.25) is 0 Å². The number of hydrogen-bond acceptors (Lipinski definition) is 2. The quantitative estimate of drug-likeness (QED) is 0.722. The molecule has 0 saturated carbocycles. The normalized spacial score (nSPS) is 11.7. The molecule has 78 valence electrons. The molecule has 1 aromatic heterocycles. The van der Waals surface area contributed by atoms with E-state index in [0.29, 0.717) is 0 Å². The Hall–Kier alpha value is -1.04. The molecule has 0 bridgehead atoms. The molecule has 0 atom stereocenters. The van der Waals surface area contributed by atoms with Crippen LogP contribution >= 0.6 is 11.6 Å². The molecule has 1 heterocycles. The zero-order valence-corrected chi connectivity index (χ0v) is 7.64. The molecule has 0 aliphatic rings. The van der Waals surface area contributed by atoms with Crippen LogP contribution in [0, 0.1) is 0 Å². The summed E-state index contributed by atoms with van der Waals surface area (Å²) >= 11 is 5.36. The van der Waals surface area contributed by atoms with Gasteiger partial charge in [0.05, 0.1) is 12.7 Å². The van der Waals surface area contributed by atoms with E-state index in [-0.39, 0.29) is 5.15 Å². The molecule has 1 rings (SSSR count). The Morgan fingerprint density at radius 1 is 1.50 bits per heavy atom. The summed E-state index contributed by atoms with van der Waals surface area (Å²) in [6.45, 7) is -0.438. The predicted molar refractivity (Wildman–Crippen MR) is 44.2 cm³/mol. The molecule has 0 amide bonds. The van der Waals surface area contributed by atoms with Gasteiger partial charge in [-0.15, -0.1) is 0 Å². The third-order valence-corrected chi connectivity index (χ3v) is 1.69. The molecule has 0 unspecified atom stereocenters. The van der Waals surface area contributed by atoms with E-state index in [1.165, 1.54) is 0 Å². The Morgan fingerprint density at radius 3 is 2.64 bits per heavy atom. The first-order chi connectivity index (χ1) is 6.38. The summed E-state index contributed by atoms with van der Waals surface area (Å²) in [6, 6.07) is 0.970. The maximum Gasteiger partial charge on any atom is 0.390 e. The number of halogens is 4. The number of aryl methyl sites for hydroxylation is 1. The van der Waals surface area contributed by atoms with Crippen LogP contribution < -0.4 is 5.56 Å². The summed E-state index contributed by atoms with van der Waals surface area (Å²) < 4.78 is 36.2. The summed E-state index contributed by atoms with van der Waals surface area (Å²) in [7, 11) is 0. The summed E-state index contributed by atoms with van der Waals surface area (Å²) in [4.78, 5) is 14.5. The molecule has 0 radical (unpaired) electrons. The van der Waals surface area contributed by atoms with Crippen LogP contribution in [0.15, 0.2) is 17.2 Å². The molecular weight excluding hydrogens is 221 g/mol. The van der Waals surface area contributed by atoms with Crippen LogP contribution in [-0.4, -0.2) is 15.7 Å². The lowest BCUT2D eigenvalue weighted by Crippen LogP contribution is -2.22. The second-order valence-electron chi connectivity index (χ2n) is 2.61. The Labute approximate surface area is 82.1 Å². The van der Waals surface area contributed by atoms with Crippen molar-refractivity contribution in [3.05, 3.63) is 27.9 Å². The molecule has 7 heteroatoms. The van der Waals surface area contributed by atoms with Gasteiger partial charge >= 0.3 is 6.18 Å². The van der Waals surface area contributed by atoms with E-state index in [1.807, 2.05) is 0 Å². The third-order valence-electron chi connectivity index (χ3n) is 1.48. The molecule has 0 saturated heterocycles. The lowest BCUT2D eigenvalue weighted by Gasteiger charge is -2.07. The van der Waals surface area contributed by atoms with Gasteiger partial charge in [0.1, 0.15) is 5.15 Å². The predicted octanol–water partition coefficient (Wildman–Crippen LogP) is 1.85. The highest BCUT2D eigenvalue weighted by Gasteiger charge is 2.26. The second kappa shape index (κ2) is 4.00. The van der Waals surface area contributed by atoms with Gasteiger partial charge < -0.3 is 0 Å². The van der Waals surface area contributed by atoms with Gasteiger partial charge in [-0.2, -0.15) is 13.2 Å². The van der Waals surface area contributed by atoms with Crippen LogP contribution in [0.25, 0.3) is 0 Å². The zero-order valence-electron chi connectivity index (χ0n) is 6.88. The first-order valence-electron chi connectivity index (χ1n) is 3.67. The molecule has 14 heavy (non-hydrogen) atoms. The van der Waals surface area contributed by atoms with E-state index in [0.717, 1.165) is 17.0 Å². The number of alkyl halides is 3. The number of nitrogens with zero attached hydrogens (tertiary/aromatic N) is 2. The van der Waals surface area contributed by atoms with Crippen molar-refractivity contribution in [1.29, 1.82) is 0 Å². The van der Waals surface area contributed by atoms with Crippen molar-refractivity contribution < 1.29 is 13.2 Å². The zero-order chi connectivity index (χ0) is 10.8. The third kappa shape index (κ3) is 3.37. The van der Waals surface area contributed by atoms with Gasteiger partial charge in [0, 0.05) is 12.6 Å². The van der Waals surface area contributed by atoms with E-state index in [1.54, 1.807) is 0 Å². The van der Waals surface area contributed by atoms with Crippen LogP contribution in [0.4, 0.5) is 13.2 Å². The smallest absolute Gasteiger partial charge is 0.299 e. The highest BCUT2D eigenvalue weighted by Crippen LogP contribution is 2.19. The Balaban J connectivity index is 2.74. The van der Waals surface area contributed by atoms with Crippen LogP contribution in [0.2, 0.25) is 5.15 Å².